The molecule has 0 bridgehead atoms. The van der Waals surface area contributed by atoms with Gasteiger partial charge in [0.1, 0.15) is 12.4 Å². The van der Waals surface area contributed by atoms with E-state index in [0.29, 0.717) is 29.2 Å². The molecular formula is C22H30N2O6S. The van der Waals surface area contributed by atoms with E-state index in [1.165, 1.54) is 27.3 Å². The predicted octanol–water partition coefficient (Wildman–Crippen LogP) is 2.47. The molecule has 0 heterocycles. The summed E-state index contributed by atoms with van der Waals surface area (Å²) in [6.45, 7) is 2.13. The van der Waals surface area contributed by atoms with E-state index in [2.05, 4.69) is 5.32 Å². The van der Waals surface area contributed by atoms with Crippen molar-refractivity contribution in [2.24, 2.45) is 0 Å². The van der Waals surface area contributed by atoms with Crippen LogP contribution in [0.15, 0.2) is 47.4 Å². The van der Waals surface area contributed by atoms with Crippen molar-refractivity contribution in [3.63, 3.8) is 0 Å². The van der Waals surface area contributed by atoms with Crippen molar-refractivity contribution < 1.29 is 27.4 Å². The number of nitrogens with one attached hydrogen (secondary N) is 1. The highest BCUT2D eigenvalue weighted by molar-refractivity contribution is 7.89. The van der Waals surface area contributed by atoms with Gasteiger partial charge >= 0.3 is 0 Å². The lowest BCUT2D eigenvalue weighted by Gasteiger charge is -2.17. The SMILES string of the molecule is COc1ccc(S(=O)(=O)N(C)C)cc1CCC(=O)N[C@@H](C)COc1ccccc1OC. The van der Waals surface area contributed by atoms with Crippen molar-refractivity contribution in [1.82, 2.24) is 9.62 Å². The molecule has 2 aromatic rings. The van der Waals surface area contributed by atoms with Gasteiger partial charge in [-0.15, -0.1) is 0 Å². The Kier molecular flexibility index (Phi) is 8.70. The molecule has 1 atom stereocenters. The Bertz CT molecular complexity index is 991. The third-order valence-electron chi connectivity index (χ3n) is 4.62. The molecule has 0 saturated heterocycles. The van der Waals surface area contributed by atoms with E-state index in [4.69, 9.17) is 14.2 Å². The quantitative estimate of drug-likeness (QED) is 0.565. The van der Waals surface area contributed by atoms with Crippen LogP contribution in [-0.4, -0.2) is 59.6 Å². The Morgan fingerprint density at radius 3 is 2.29 bits per heavy atom. The van der Waals surface area contributed by atoms with Gasteiger partial charge in [0.05, 0.1) is 25.2 Å². The van der Waals surface area contributed by atoms with Gasteiger partial charge in [0, 0.05) is 20.5 Å². The van der Waals surface area contributed by atoms with Crippen molar-refractivity contribution in [3.05, 3.63) is 48.0 Å². The molecule has 8 nitrogen and oxygen atoms in total. The predicted molar refractivity (Wildman–Crippen MR) is 118 cm³/mol. The molecule has 2 aromatic carbocycles. The largest absolute Gasteiger partial charge is 0.496 e. The molecule has 1 amide bonds. The fourth-order valence-electron chi connectivity index (χ4n) is 2.91. The fourth-order valence-corrected chi connectivity index (χ4v) is 3.86. The average Bonchev–Trinajstić information content (AvgIpc) is 2.76. The Labute approximate surface area is 184 Å². The van der Waals surface area contributed by atoms with Crippen LogP contribution in [0.25, 0.3) is 0 Å². The fraction of sp³-hybridized carbons (Fsp3) is 0.409. The first kappa shape index (κ1) is 24.5. The van der Waals surface area contributed by atoms with Crippen LogP contribution < -0.4 is 19.5 Å². The van der Waals surface area contributed by atoms with E-state index < -0.39 is 10.0 Å². The van der Waals surface area contributed by atoms with Crippen molar-refractivity contribution >= 4 is 15.9 Å². The van der Waals surface area contributed by atoms with Gasteiger partial charge in [-0.25, -0.2) is 12.7 Å². The van der Waals surface area contributed by atoms with Crippen molar-refractivity contribution in [2.75, 3.05) is 34.9 Å². The molecule has 0 aliphatic heterocycles. The Morgan fingerprint density at radius 2 is 1.68 bits per heavy atom. The third-order valence-corrected chi connectivity index (χ3v) is 6.43. The first-order chi connectivity index (χ1) is 14.7. The highest BCUT2D eigenvalue weighted by atomic mass is 32.2. The third kappa shape index (κ3) is 6.60. The van der Waals surface area contributed by atoms with Crippen molar-refractivity contribution in [1.29, 1.82) is 0 Å². The van der Waals surface area contributed by atoms with E-state index in [1.807, 2.05) is 19.1 Å². The summed E-state index contributed by atoms with van der Waals surface area (Å²) in [6, 6.07) is 11.7. The minimum atomic E-state index is -3.57. The summed E-state index contributed by atoms with van der Waals surface area (Å²) >= 11 is 0. The number of hydrogen-bond acceptors (Lipinski definition) is 6. The van der Waals surface area contributed by atoms with Crippen LogP contribution in [0.5, 0.6) is 17.2 Å². The topological polar surface area (TPSA) is 94.2 Å². The van der Waals surface area contributed by atoms with Gasteiger partial charge in [-0.05, 0) is 49.2 Å². The maximum absolute atomic E-state index is 12.4. The highest BCUT2D eigenvalue weighted by Gasteiger charge is 2.19. The van der Waals surface area contributed by atoms with Crippen LogP contribution in [0.2, 0.25) is 0 Å². The van der Waals surface area contributed by atoms with Gasteiger partial charge in [0.25, 0.3) is 0 Å². The van der Waals surface area contributed by atoms with Gasteiger partial charge in [-0.1, -0.05) is 12.1 Å². The van der Waals surface area contributed by atoms with Gasteiger partial charge in [0.2, 0.25) is 15.9 Å². The normalized spacial score (nSPS) is 12.3. The number of sulfonamides is 1. The van der Waals surface area contributed by atoms with Crippen LogP contribution >= 0.6 is 0 Å². The number of methoxy groups -OCH3 is 2. The van der Waals surface area contributed by atoms with Gasteiger partial charge in [-0.3, -0.25) is 4.79 Å². The number of carbonyl (C=O) groups is 1. The van der Waals surface area contributed by atoms with Gasteiger partial charge < -0.3 is 19.5 Å². The number of carbonyl (C=O) groups excluding carboxylic acids is 1. The molecular weight excluding hydrogens is 420 g/mol. The number of benzene rings is 2. The minimum absolute atomic E-state index is 0.160. The number of aryl methyl sites for hydroxylation is 1. The summed E-state index contributed by atoms with van der Waals surface area (Å²) in [7, 11) is 2.46. The summed E-state index contributed by atoms with van der Waals surface area (Å²) in [5.74, 6) is 1.60. The summed E-state index contributed by atoms with van der Waals surface area (Å²) in [4.78, 5) is 12.6. The first-order valence-corrected chi connectivity index (χ1v) is 11.3. The Morgan fingerprint density at radius 1 is 1.03 bits per heavy atom. The second-order valence-corrected chi connectivity index (χ2v) is 9.34. The zero-order valence-electron chi connectivity index (χ0n) is 18.5. The van der Waals surface area contributed by atoms with Gasteiger partial charge in [0.15, 0.2) is 11.5 Å². The maximum Gasteiger partial charge on any atom is 0.242 e. The molecule has 170 valence electrons. The van der Waals surface area contributed by atoms with Crippen LogP contribution in [0.4, 0.5) is 0 Å². The number of para-hydroxylation sites is 2. The lowest BCUT2D eigenvalue weighted by molar-refractivity contribution is -0.121. The average molecular weight is 451 g/mol. The zero-order valence-corrected chi connectivity index (χ0v) is 19.4. The van der Waals surface area contributed by atoms with Crippen LogP contribution in [0, 0.1) is 0 Å². The Balaban J connectivity index is 1.95. The van der Waals surface area contributed by atoms with Crippen LogP contribution in [0.1, 0.15) is 18.9 Å². The van der Waals surface area contributed by atoms with E-state index in [1.54, 1.807) is 31.4 Å². The second-order valence-electron chi connectivity index (χ2n) is 7.19. The van der Waals surface area contributed by atoms with E-state index in [0.717, 1.165) is 4.31 Å². The smallest absolute Gasteiger partial charge is 0.242 e. The zero-order chi connectivity index (χ0) is 23.0. The van der Waals surface area contributed by atoms with E-state index in [-0.39, 0.29) is 29.9 Å². The molecule has 1 N–H and O–H groups in total. The number of amides is 1. The minimum Gasteiger partial charge on any atom is -0.496 e. The molecule has 0 unspecified atom stereocenters. The number of rotatable bonds is 11. The lowest BCUT2D eigenvalue weighted by atomic mass is 10.1. The molecule has 0 aromatic heterocycles. The second kappa shape index (κ2) is 11.0. The van der Waals surface area contributed by atoms with Gasteiger partial charge in [-0.2, -0.15) is 0 Å². The first-order valence-electron chi connectivity index (χ1n) is 9.83. The van der Waals surface area contributed by atoms with Crippen LogP contribution in [-0.2, 0) is 21.2 Å². The Hall–Kier alpha value is -2.78. The lowest BCUT2D eigenvalue weighted by Crippen LogP contribution is -2.36. The molecule has 31 heavy (non-hydrogen) atoms. The van der Waals surface area contributed by atoms with Crippen LogP contribution in [0.3, 0.4) is 0 Å². The monoisotopic (exact) mass is 450 g/mol. The molecule has 0 aliphatic carbocycles. The molecule has 0 saturated carbocycles. The molecule has 0 fully saturated rings. The molecule has 0 spiro atoms. The molecule has 0 aliphatic rings. The van der Waals surface area contributed by atoms with E-state index in [9.17, 15) is 13.2 Å². The van der Waals surface area contributed by atoms with E-state index >= 15 is 0 Å². The number of hydrogen-bond donors (Lipinski definition) is 1. The highest BCUT2D eigenvalue weighted by Crippen LogP contribution is 2.26. The summed E-state index contributed by atoms with van der Waals surface area (Å²) < 4.78 is 42.2. The number of nitrogens with zero attached hydrogens (tertiary/aromatic N) is 1. The summed E-state index contributed by atoms with van der Waals surface area (Å²) in [5.41, 5.74) is 0.651. The van der Waals surface area contributed by atoms with Crippen molar-refractivity contribution in [2.45, 2.75) is 30.7 Å². The summed E-state index contributed by atoms with van der Waals surface area (Å²) in [6.07, 6.45) is 0.521. The summed E-state index contributed by atoms with van der Waals surface area (Å²) in [5, 5.41) is 2.89. The molecule has 0 radical (unpaired) electrons. The molecule has 9 heteroatoms. The number of ether oxygens (including phenoxy) is 3. The molecule has 2 rings (SSSR count). The standard InChI is InChI=1S/C22H30N2O6S/c1-16(15-30-21-9-7-6-8-20(21)29-5)23-22(25)13-10-17-14-18(11-12-19(17)28-4)31(26,27)24(2)3/h6-9,11-12,14,16H,10,13,15H2,1-5H3,(H,23,25)/t16-/m0/s1. The van der Waals surface area contributed by atoms with Crippen molar-refractivity contribution in [3.8, 4) is 17.2 Å². The maximum atomic E-state index is 12.4.